The van der Waals surface area contributed by atoms with Gasteiger partial charge in [0.05, 0.1) is 20.8 Å². The van der Waals surface area contributed by atoms with Crippen LogP contribution in [0.1, 0.15) is 11.4 Å². The van der Waals surface area contributed by atoms with Crippen LogP contribution in [0.5, 0.6) is 0 Å². The van der Waals surface area contributed by atoms with Gasteiger partial charge < -0.3 is 0 Å². The van der Waals surface area contributed by atoms with Gasteiger partial charge in [-0.1, -0.05) is 0 Å². The Kier molecular flexibility index (Phi) is 2.50. The number of halogens is 1. The Balaban J connectivity index is 2.63. The van der Waals surface area contributed by atoms with E-state index in [0.717, 1.165) is 15.9 Å². The molecule has 0 atom stereocenters. The third kappa shape index (κ3) is 1.51. The number of H-pyrrole nitrogens is 1. The fraction of sp³-hybridized carbons (Fsp3) is 0.250. The average Bonchev–Trinajstić information content (AvgIpc) is 2.79. The number of nitrogens with one attached hydrogen (secondary N) is 1. The quantitative estimate of drug-likeness (QED) is 0.674. The highest BCUT2D eigenvalue weighted by Gasteiger charge is 2.21. The molecule has 1 N–H and O–H groups in total. The van der Waals surface area contributed by atoms with Gasteiger partial charge in [-0.2, -0.15) is 10.2 Å². The zero-order chi connectivity index (χ0) is 11.9. The van der Waals surface area contributed by atoms with E-state index in [0.29, 0.717) is 0 Å². The molecule has 0 spiro atoms. The second kappa shape index (κ2) is 3.71. The van der Waals surface area contributed by atoms with E-state index in [9.17, 15) is 10.1 Å². The van der Waals surface area contributed by atoms with E-state index < -0.39 is 4.92 Å². The van der Waals surface area contributed by atoms with E-state index in [4.69, 9.17) is 0 Å². The first-order valence-electron chi connectivity index (χ1n) is 4.42. The molecule has 0 unspecified atom stereocenters. The summed E-state index contributed by atoms with van der Waals surface area (Å²) in [6.07, 6.45) is 1.17. The summed E-state index contributed by atoms with van der Waals surface area (Å²) in [4.78, 5) is 10.3. The minimum Gasteiger partial charge on any atom is -0.258 e. The molecule has 2 heterocycles. The molecule has 2 rings (SSSR count). The maximum Gasteiger partial charge on any atom is 0.333 e. The molecule has 0 fully saturated rings. The zero-order valence-electron chi connectivity index (χ0n) is 8.56. The molecule has 8 heteroatoms. The summed E-state index contributed by atoms with van der Waals surface area (Å²) in [5.41, 5.74) is 1.45. The largest absolute Gasteiger partial charge is 0.333 e. The van der Waals surface area contributed by atoms with Crippen molar-refractivity contribution < 1.29 is 4.92 Å². The monoisotopic (exact) mass is 285 g/mol. The zero-order valence-corrected chi connectivity index (χ0v) is 10.1. The highest BCUT2D eigenvalue weighted by molar-refractivity contribution is 9.10. The van der Waals surface area contributed by atoms with Crippen LogP contribution < -0.4 is 0 Å². The van der Waals surface area contributed by atoms with Crippen LogP contribution in [0.3, 0.4) is 0 Å². The molecular formula is C8H8BrN5O2. The lowest BCUT2D eigenvalue weighted by atomic mass is 10.4. The van der Waals surface area contributed by atoms with Crippen LogP contribution in [0, 0.1) is 24.0 Å². The van der Waals surface area contributed by atoms with E-state index >= 15 is 0 Å². The van der Waals surface area contributed by atoms with Crippen molar-refractivity contribution >= 4 is 21.6 Å². The Labute approximate surface area is 98.7 Å². The molecule has 0 amide bonds. The van der Waals surface area contributed by atoms with Gasteiger partial charge in [0.1, 0.15) is 6.20 Å². The van der Waals surface area contributed by atoms with Crippen molar-refractivity contribution in [1.29, 1.82) is 0 Å². The number of aromatic amines is 1. The SMILES string of the molecule is Cc1nn(-c2[nH]ncc2[N+](=O)[O-])c(C)c1Br. The van der Waals surface area contributed by atoms with Gasteiger partial charge in [0.15, 0.2) is 0 Å². The molecule has 0 radical (unpaired) electrons. The van der Waals surface area contributed by atoms with Crippen molar-refractivity contribution in [2.45, 2.75) is 13.8 Å². The summed E-state index contributed by atoms with van der Waals surface area (Å²) in [5, 5.41) is 21.2. The van der Waals surface area contributed by atoms with Crippen LogP contribution in [-0.2, 0) is 0 Å². The van der Waals surface area contributed by atoms with Crippen molar-refractivity contribution in [3.05, 3.63) is 32.2 Å². The first-order chi connectivity index (χ1) is 7.52. The smallest absolute Gasteiger partial charge is 0.258 e. The maximum absolute atomic E-state index is 10.8. The van der Waals surface area contributed by atoms with Gasteiger partial charge in [-0.25, -0.2) is 4.68 Å². The normalized spacial score (nSPS) is 10.7. The minimum atomic E-state index is -0.497. The predicted molar refractivity (Wildman–Crippen MR) is 59.5 cm³/mol. The summed E-state index contributed by atoms with van der Waals surface area (Å²) >= 11 is 3.36. The number of hydrogen-bond donors (Lipinski definition) is 1. The van der Waals surface area contributed by atoms with E-state index in [2.05, 4.69) is 31.2 Å². The van der Waals surface area contributed by atoms with Crippen LogP contribution in [0.4, 0.5) is 5.69 Å². The van der Waals surface area contributed by atoms with Gasteiger partial charge in [-0.3, -0.25) is 15.2 Å². The van der Waals surface area contributed by atoms with Crippen LogP contribution in [-0.4, -0.2) is 24.9 Å². The molecule has 0 saturated heterocycles. The Morgan fingerprint density at radius 1 is 1.56 bits per heavy atom. The topological polar surface area (TPSA) is 89.6 Å². The predicted octanol–water partition coefficient (Wildman–Crippen LogP) is 1.88. The molecular weight excluding hydrogens is 278 g/mol. The molecule has 16 heavy (non-hydrogen) atoms. The lowest BCUT2D eigenvalue weighted by Gasteiger charge is -1.99. The van der Waals surface area contributed by atoms with Crippen molar-refractivity contribution in [2.24, 2.45) is 0 Å². The fourth-order valence-electron chi connectivity index (χ4n) is 1.40. The van der Waals surface area contributed by atoms with Crippen molar-refractivity contribution in [2.75, 3.05) is 0 Å². The van der Waals surface area contributed by atoms with E-state index in [-0.39, 0.29) is 11.5 Å². The third-order valence-corrected chi connectivity index (χ3v) is 3.36. The molecule has 0 aliphatic carbocycles. The number of nitro groups is 1. The molecule has 0 aliphatic heterocycles. The van der Waals surface area contributed by atoms with Crippen LogP contribution in [0.2, 0.25) is 0 Å². The molecule has 0 bridgehead atoms. The molecule has 0 aromatic carbocycles. The van der Waals surface area contributed by atoms with Crippen LogP contribution in [0.15, 0.2) is 10.7 Å². The third-order valence-electron chi connectivity index (χ3n) is 2.21. The Hall–Kier alpha value is -1.70. The maximum atomic E-state index is 10.8. The van der Waals surface area contributed by atoms with E-state index in [1.54, 1.807) is 0 Å². The van der Waals surface area contributed by atoms with Gasteiger partial charge >= 0.3 is 5.69 Å². The van der Waals surface area contributed by atoms with Crippen molar-refractivity contribution in [3.8, 4) is 5.82 Å². The summed E-state index contributed by atoms with van der Waals surface area (Å²) < 4.78 is 2.29. The summed E-state index contributed by atoms with van der Waals surface area (Å²) in [6, 6.07) is 0. The van der Waals surface area contributed by atoms with Crippen LogP contribution >= 0.6 is 15.9 Å². The first kappa shape index (κ1) is 10.8. The summed E-state index contributed by atoms with van der Waals surface area (Å²) in [5.74, 6) is 0.260. The summed E-state index contributed by atoms with van der Waals surface area (Å²) in [6.45, 7) is 3.63. The van der Waals surface area contributed by atoms with Gasteiger partial charge in [0, 0.05) is 0 Å². The second-order valence-corrected chi connectivity index (χ2v) is 4.05. The number of aromatic nitrogens is 4. The molecule has 0 saturated carbocycles. The molecule has 7 nitrogen and oxygen atoms in total. The number of rotatable bonds is 2. The minimum absolute atomic E-state index is 0.0990. The Bertz CT molecular complexity index is 559. The van der Waals surface area contributed by atoms with E-state index in [1.807, 2.05) is 13.8 Å². The average molecular weight is 286 g/mol. The van der Waals surface area contributed by atoms with Crippen molar-refractivity contribution in [3.63, 3.8) is 0 Å². The molecule has 2 aromatic rings. The number of hydrogen-bond acceptors (Lipinski definition) is 4. The highest BCUT2D eigenvalue weighted by atomic mass is 79.9. The fourth-order valence-corrected chi connectivity index (χ4v) is 1.65. The van der Waals surface area contributed by atoms with Gasteiger partial charge in [0.25, 0.3) is 0 Å². The van der Waals surface area contributed by atoms with Gasteiger partial charge in [0.2, 0.25) is 5.82 Å². The van der Waals surface area contributed by atoms with Gasteiger partial charge in [-0.05, 0) is 29.8 Å². The second-order valence-electron chi connectivity index (χ2n) is 3.26. The van der Waals surface area contributed by atoms with Crippen molar-refractivity contribution in [1.82, 2.24) is 20.0 Å². The number of aryl methyl sites for hydroxylation is 1. The standard InChI is InChI=1S/C8H8BrN5O2/c1-4-7(9)5(2)13(12-4)8-6(14(15)16)3-10-11-8/h3H,1-2H3,(H,10,11). The van der Waals surface area contributed by atoms with Crippen LogP contribution in [0.25, 0.3) is 5.82 Å². The number of nitrogens with zero attached hydrogens (tertiary/aromatic N) is 4. The Morgan fingerprint density at radius 2 is 2.25 bits per heavy atom. The first-order valence-corrected chi connectivity index (χ1v) is 5.21. The highest BCUT2D eigenvalue weighted by Crippen LogP contribution is 2.26. The molecule has 84 valence electrons. The van der Waals surface area contributed by atoms with E-state index in [1.165, 1.54) is 10.9 Å². The summed E-state index contributed by atoms with van der Waals surface area (Å²) in [7, 11) is 0. The lowest BCUT2D eigenvalue weighted by molar-refractivity contribution is -0.384. The lowest BCUT2D eigenvalue weighted by Crippen LogP contribution is -2.03. The van der Waals surface area contributed by atoms with Gasteiger partial charge in [-0.15, -0.1) is 0 Å². The molecule has 0 aliphatic rings. The molecule has 2 aromatic heterocycles. The Morgan fingerprint density at radius 3 is 2.75 bits per heavy atom.